The van der Waals surface area contributed by atoms with Gasteiger partial charge in [-0.15, -0.1) is 0 Å². The van der Waals surface area contributed by atoms with Crippen LogP contribution in [0.5, 0.6) is 0 Å². The summed E-state index contributed by atoms with van der Waals surface area (Å²) in [6.45, 7) is 1.65. The lowest BCUT2D eigenvalue weighted by molar-refractivity contribution is -0.133. The van der Waals surface area contributed by atoms with Crippen molar-refractivity contribution in [2.24, 2.45) is 11.7 Å². The quantitative estimate of drug-likeness (QED) is 0.662. The van der Waals surface area contributed by atoms with Crippen molar-refractivity contribution in [3.8, 4) is 0 Å². The summed E-state index contributed by atoms with van der Waals surface area (Å²) >= 11 is 1.89. The fourth-order valence-corrected chi connectivity index (χ4v) is 3.19. The Morgan fingerprint density at radius 2 is 2.31 bits per heavy atom. The first-order chi connectivity index (χ1) is 6.27. The summed E-state index contributed by atoms with van der Waals surface area (Å²) in [6.07, 6.45) is 2.04. The van der Waals surface area contributed by atoms with Gasteiger partial charge in [-0.25, -0.2) is 0 Å². The normalized spacial score (nSPS) is 34.1. The van der Waals surface area contributed by atoms with Crippen molar-refractivity contribution in [3.63, 3.8) is 0 Å². The van der Waals surface area contributed by atoms with Gasteiger partial charge in [0.1, 0.15) is 0 Å². The minimum Gasteiger partial charge on any atom is -0.341 e. The van der Waals surface area contributed by atoms with E-state index in [1.807, 2.05) is 16.7 Å². The first-order valence-electron chi connectivity index (χ1n) is 4.89. The van der Waals surface area contributed by atoms with E-state index >= 15 is 0 Å². The molecule has 2 atom stereocenters. The van der Waals surface area contributed by atoms with E-state index in [9.17, 15) is 4.79 Å². The number of hydrogen-bond acceptors (Lipinski definition) is 3. The standard InChI is InChI=1S/C9H16N2OS/c10-8-1-3-11(5-8)9(12)7-2-4-13-6-7/h7-8H,1-6,10H2/t7?,8-/m1/s1. The van der Waals surface area contributed by atoms with Crippen LogP contribution in [-0.4, -0.2) is 41.4 Å². The Labute approximate surface area is 83.0 Å². The van der Waals surface area contributed by atoms with Crippen LogP contribution in [-0.2, 0) is 4.79 Å². The highest BCUT2D eigenvalue weighted by Crippen LogP contribution is 2.26. The second kappa shape index (κ2) is 3.88. The smallest absolute Gasteiger partial charge is 0.226 e. The van der Waals surface area contributed by atoms with E-state index in [0.29, 0.717) is 5.91 Å². The predicted octanol–water partition coefficient (Wildman–Crippen LogP) is 0.299. The third-order valence-corrected chi connectivity index (χ3v) is 3.98. The van der Waals surface area contributed by atoms with Gasteiger partial charge in [0.05, 0.1) is 0 Å². The third-order valence-electron chi connectivity index (χ3n) is 2.82. The zero-order chi connectivity index (χ0) is 9.26. The molecule has 0 saturated carbocycles. The molecular weight excluding hydrogens is 184 g/mol. The Hall–Kier alpha value is -0.220. The molecule has 2 heterocycles. The molecule has 0 aromatic heterocycles. The molecule has 0 aromatic carbocycles. The Kier molecular flexibility index (Phi) is 2.79. The number of amides is 1. The molecular formula is C9H16N2OS. The summed E-state index contributed by atoms with van der Waals surface area (Å²) in [7, 11) is 0. The van der Waals surface area contributed by atoms with Crippen LogP contribution in [0, 0.1) is 5.92 Å². The molecule has 13 heavy (non-hydrogen) atoms. The second-order valence-electron chi connectivity index (χ2n) is 3.89. The molecule has 1 amide bonds. The van der Waals surface area contributed by atoms with Gasteiger partial charge < -0.3 is 10.6 Å². The SMILES string of the molecule is N[C@@H]1CCN(C(=O)C2CCSC2)C1. The lowest BCUT2D eigenvalue weighted by atomic mass is 10.1. The number of carbonyl (C=O) groups is 1. The Bertz CT molecular complexity index is 204. The van der Waals surface area contributed by atoms with Crippen LogP contribution in [0.2, 0.25) is 0 Å². The topological polar surface area (TPSA) is 46.3 Å². The van der Waals surface area contributed by atoms with Gasteiger partial charge in [0.2, 0.25) is 5.91 Å². The summed E-state index contributed by atoms with van der Waals surface area (Å²) in [6, 6.07) is 0.220. The van der Waals surface area contributed by atoms with E-state index in [2.05, 4.69) is 0 Å². The van der Waals surface area contributed by atoms with Crippen LogP contribution < -0.4 is 5.73 Å². The fraction of sp³-hybridized carbons (Fsp3) is 0.889. The van der Waals surface area contributed by atoms with E-state index in [4.69, 9.17) is 5.73 Å². The van der Waals surface area contributed by atoms with Crippen molar-refractivity contribution in [2.75, 3.05) is 24.6 Å². The molecule has 2 fully saturated rings. The minimum atomic E-state index is 0.220. The molecule has 2 aliphatic heterocycles. The maximum atomic E-state index is 11.9. The molecule has 74 valence electrons. The number of rotatable bonds is 1. The van der Waals surface area contributed by atoms with Gasteiger partial charge in [-0.05, 0) is 18.6 Å². The Balaban J connectivity index is 1.89. The van der Waals surface area contributed by atoms with Gasteiger partial charge in [0.15, 0.2) is 0 Å². The third kappa shape index (κ3) is 1.99. The number of thioether (sulfide) groups is 1. The Morgan fingerprint density at radius 1 is 1.46 bits per heavy atom. The molecule has 3 nitrogen and oxygen atoms in total. The maximum Gasteiger partial charge on any atom is 0.226 e. The average molecular weight is 200 g/mol. The first kappa shape index (κ1) is 9.34. The van der Waals surface area contributed by atoms with Gasteiger partial charge in [0.25, 0.3) is 0 Å². The van der Waals surface area contributed by atoms with Crippen molar-refractivity contribution in [1.29, 1.82) is 0 Å². The lowest BCUT2D eigenvalue weighted by Crippen LogP contribution is -2.36. The summed E-state index contributed by atoms with van der Waals surface area (Å²) in [4.78, 5) is 13.8. The molecule has 1 unspecified atom stereocenters. The molecule has 2 saturated heterocycles. The molecule has 0 aromatic rings. The summed E-state index contributed by atoms with van der Waals surface area (Å²) in [5.41, 5.74) is 5.76. The van der Waals surface area contributed by atoms with E-state index in [1.165, 1.54) is 0 Å². The monoisotopic (exact) mass is 200 g/mol. The van der Waals surface area contributed by atoms with Crippen molar-refractivity contribution in [2.45, 2.75) is 18.9 Å². The average Bonchev–Trinajstić information content (AvgIpc) is 2.72. The minimum absolute atomic E-state index is 0.220. The van der Waals surface area contributed by atoms with Crippen molar-refractivity contribution in [3.05, 3.63) is 0 Å². The van der Waals surface area contributed by atoms with Crippen LogP contribution in [0.4, 0.5) is 0 Å². The molecule has 0 spiro atoms. The van der Waals surface area contributed by atoms with E-state index in [-0.39, 0.29) is 12.0 Å². The summed E-state index contributed by atoms with van der Waals surface area (Å²) < 4.78 is 0. The van der Waals surface area contributed by atoms with Gasteiger partial charge in [-0.3, -0.25) is 4.79 Å². The van der Waals surface area contributed by atoms with Crippen LogP contribution in [0.15, 0.2) is 0 Å². The van der Waals surface area contributed by atoms with Gasteiger partial charge in [0, 0.05) is 30.8 Å². The highest BCUT2D eigenvalue weighted by atomic mass is 32.2. The van der Waals surface area contributed by atoms with Crippen molar-refractivity contribution >= 4 is 17.7 Å². The molecule has 2 aliphatic rings. The van der Waals surface area contributed by atoms with Crippen LogP contribution >= 0.6 is 11.8 Å². The first-order valence-corrected chi connectivity index (χ1v) is 6.05. The van der Waals surface area contributed by atoms with E-state index < -0.39 is 0 Å². The zero-order valence-corrected chi connectivity index (χ0v) is 8.55. The molecule has 2 N–H and O–H groups in total. The van der Waals surface area contributed by atoms with Crippen LogP contribution in [0.3, 0.4) is 0 Å². The molecule has 0 bridgehead atoms. The molecule has 2 rings (SSSR count). The van der Waals surface area contributed by atoms with Crippen molar-refractivity contribution < 1.29 is 4.79 Å². The summed E-state index contributed by atoms with van der Waals surface area (Å²) in [5, 5.41) is 0. The highest BCUT2D eigenvalue weighted by Gasteiger charge is 2.31. The number of carbonyl (C=O) groups excluding carboxylic acids is 1. The maximum absolute atomic E-state index is 11.9. The van der Waals surface area contributed by atoms with E-state index in [1.54, 1.807) is 0 Å². The van der Waals surface area contributed by atoms with Gasteiger partial charge in [-0.1, -0.05) is 0 Å². The largest absolute Gasteiger partial charge is 0.341 e. The molecule has 0 aliphatic carbocycles. The number of likely N-dealkylation sites (tertiary alicyclic amines) is 1. The van der Waals surface area contributed by atoms with Crippen LogP contribution in [0.25, 0.3) is 0 Å². The lowest BCUT2D eigenvalue weighted by Gasteiger charge is -2.19. The fourth-order valence-electron chi connectivity index (χ4n) is 1.97. The van der Waals surface area contributed by atoms with Crippen LogP contribution in [0.1, 0.15) is 12.8 Å². The van der Waals surface area contributed by atoms with Gasteiger partial charge in [-0.2, -0.15) is 11.8 Å². The number of nitrogens with two attached hydrogens (primary N) is 1. The molecule has 4 heteroatoms. The Morgan fingerprint density at radius 3 is 2.85 bits per heavy atom. The van der Waals surface area contributed by atoms with E-state index in [0.717, 1.165) is 37.4 Å². The molecule has 0 radical (unpaired) electrons. The second-order valence-corrected chi connectivity index (χ2v) is 5.04. The highest BCUT2D eigenvalue weighted by molar-refractivity contribution is 7.99. The summed E-state index contributed by atoms with van der Waals surface area (Å²) in [5.74, 6) is 2.80. The number of nitrogens with zero attached hydrogens (tertiary/aromatic N) is 1. The number of hydrogen-bond donors (Lipinski definition) is 1. The van der Waals surface area contributed by atoms with Crippen molar-refractivity contribution in [1.82, 2.24) is 4.90 Å². The predicted molar refractivity (Wildman–Crippen MR) is 54.6 cm³/mol. The van der Waals surface area contributed by atoms with Gasteiger partial charge >= 0.3 is 0 Å². The zero-order valence-electron chi connectivity index (χ0n) is 7.74.